The molecule has 0 amide bonds. The number of carbonyl (C=O) groups is 2. The van der Waals surface area contributed by atoms with Crippen molar-refractivity contribution in [1.82, 2.24) is 0 Å². The average molecular weight is 438 g/mol. The van der Waals surface area contributed by atoms with Gasteiger partial charge in [-0.2, -0.15) is 0 Å². The molecule has 0 aromatic heterocycles. The Balaban J connectivity index is 1.91. The van der Waals surface area contributed by atoms with Crippen LogP contribution in [0.3, 0.4) is 0 Å². The highest BCUT2D eigenvalue weighted by atomic mass is 35.5. The van der Waals surface area contributed by atoms with E-state index >= 15 is 0 Å². The van der Waals surface area contributed by atoms with E-state index in [2.05, 4.69) is 4.99 Å². The molecule has 1 aliphatic heterocycles. The van der Waals surface area contributed by atoms with Gasteiger partial charge in [0.15, 0.2) is 0 Å². The van der Waals surface area contributed by atoms with Crippen molar-refractivity contribution in [3.05, 3.63) is 87.6 Å². The Kier molecular flexibility index (Phi) is 7.08. The minimum Gasteiger partial charge on any atom is -0.481 e. The number of aliphatic carboxylic acids is 1. The Morgan fingerprint density at radius 1 is 1.13 bits per heavy atom. The zero-order valence-electron chi connectivity index (χ0n) is 17.6. The van der Waals surface area contributed by atoms with Crippen LogP contribution in [0.1, 0.15) is 37.8 Å². The fourth-order valence-corrected chi connectivity index (χ4v) is 4.01. The molecule has 5 nitrogen and oxygen atoms in total. The monoisotopic (exact) mass is 437 g/mol. The summed E-state index contributed by atoms with van der Waals surface area (Å²) in [6.07, 6.45) is 1.94. The lowest BCUT2D eigenvalue weighted by Crippen LogP contribution is -2.35. The van der Waals surface area contributed by atoms with E-state index in [9.17, 15) is 14.7 Å². The highest BCUT2D eigenvalue weighted by Gasteiger charge is 2.41. The zero-order chi connectivity index (χ0) is 22.5. The molecule has 3 rings (SSSR count). The lowest BCUT2D eigenvalue weighted by Gasteiger charge is -2.30. The number of hydrogen-bond acceptors (Lipinski definition) is 4. The number of rotatable bonds is 6. The molecule has 2 atom stereocenters. The van der Waals surface area contributed by atoms with E-state index in [1.54, 1.807) is 38.1 Å². The summed E-state index contributed by atoms with van der Waals surface area (Å²) in [5.74, 6) is -3.35. The molecule has 2 unspecified atom stereocenters. The van der Waals surface area contributed by atoms with Crippen LogP contribution in [0.2, 0.25) is 5.02 Å². The Labute approximate surface area is 186 Å². The van der Waals surface area contributed by atoms with Crippen LogP contribution in [0.4, 0.5) is 0 Å². The number of carboxylic acid groups (broad SMARTS) is 1. The molecule has 0 radical (unpaired) electrons. The average Bonchev–Trinajstić information content (AvgIpc) is 2.72. The van der Waals surface area contributed by atoms with E-state index in [-0.39, 0.29) is 12.2 Å². The molecule has 0 saturated carbocycles. The van der Waals surface area contributed by atoms with Gasteiger partial charge in [-0.15, -0.1) is 0 Å². The van der Waals surface area contributed by atoms with Gasteiger partial charge in [-0.3, -0.25) is 9.79 Å². The fraction of sp³-hybridized carbons (Fsp3) is 0.240. The largest absolute Gasteiger partial charge is 0.481 e. The summed E-state index contributed by atoms with van der Waals surface area (Å²) in [6, 6.07) is 16.6. The lowest BCUT2D eigenvalue weighted by molar-refractivity contribution is -0.140. The first kappa shape index (κ1) is 22.5. The third kappa shape index (κ3) is 5.30. The van der Waals surface area contributed by atoms with Gasteiger partial charge in [0, 0.05) is 22.3 Å². The third-order valence-electron chi connectivity index (χ3n) is 5.17. The van der Waals surface area contributed by atoms with Gasteiger partial charge in [-0.1, -0.05) is 60.1 Å². The van der Waals surface area contributed by atoms with Gasteiger partial charge < -0.3 is 9.84 Å². The molecule has 0 bridgehead atoms. The van der Waals surface area contributed by atoms with Gasteiger partial charge in [-0.05, 0) is 49.6 Å². The van der Waals surface area contributed by atoms with Crippen molar-refractivity contribution in [2.75, 3.05) is 6.61 Å². The SMILES string of the molecule is CC(=Cc1ccccc1)COC(=O)C1=C(C)N=C(C)C(C(=O)O)C1c1cccc(Cl)c1. The summed E-state index contributed by atoms with van der Waals surface area (Å²) in [7, 11) is 0. The van der Waals surface area contributed by atoms with Crippen molar-refractivity contribution >= 4 is 35.3 Å². The van der Waals surface area contributed by atoms with Crippen LogP contribution in [-0.4, -0.2) is 29.4 Å². The molecule has 31 heavy (non-hydrogen) atoms. The highest BCUT2D eigenvalue weighted by Crippen LogP contribution is 2.40. The topological polar surface area (TPSA) is 76.0 Å². The maximum absolute atomic E-state index is 13.1. The Bertz CT molecular complexity index is 1090. The molecule has 1 N–H and O–H groups in total. The number of carbonyl (C=O) groups excluding carboxylic acids is 1. The van der Waals surface area contributed by atoms with Crippen molar-refractivity contribution in [1.29, 1.82) is 0 Å². The van der Waals surface area contributed by atoms with E-state index in [1.807, 2.05) is 43.3 Å². The molecule has 0 saturated heterocycles. The number of esters is 1. The maximum atomic E-state index is 13.1. The van der Waals surface area contributed by atoms with Gasteiger partial charge in [0.25, 0.3) is 0 Å². The number of hydrogen-bond donors (Lipinski definition) is 1. The highest BCUT2D eigenvalue weighted by molar-refractivity contribution is 6.30. The lowest BCUT2D eigenvalue weighted by atomic mass is 9.75. The zero-order valence-corrected chi connectivity index (χ0v) is 18.4. The van der Waals surface area contributed by atoms with E-state index in [1.165, 1.54) is 0 Å². The number of nitrogens with zero attached hydrogens (tertiary/aromatic N) is 1. The number of halogens is 1. The summed E-state index contributed by atoms with van der Waals surface area (Å²) in [6.45, 7) is 5.32. The molecular formula is C25H24ClNO4. The number of allylic oxidation sites excluding steroid dienone is 1. The van der Waals surface area contributed by atoms with Crippen molar-refractivity contribution < 1.29 is 19.4 Å². The van der Waals surface area contributed by atoms with Crippen LogP contribution >= 0.6 is 11.6 Å². The molecule has 2 aromatic carbocycles. The van der Waals surface area contributed by atoms with Crippen LogP contribution in [-0.2, 0) is 14.3 Å². The van der Waals surface area contributed by atoms with E-state index in [0.717, 1.165) is 11.1 Å². The molecule has 0 spiro atoms. The second-order valence-electron chi connectivity index (χ2n) is 7.58. The van der Waals surface area contributed by atoms with Gasteiger partial charge in [0.1, 0.15) is 12.5 Å². The van der Waals surface area contributed by atoms with Crippen LogP contribution in [0, 0.1) is 5.92 Å². The minimum absolute atomic E-state index is 0.0905. The van der Waals surface area contributed by atoms with E-state index in [4.69, 9.17) is 16.3 Å². The predicted octanol–water partition coefficient (Wildman–Crippen LogP) is 5.52. The number of benzene rings is 2. The van der Waals surface area contributed by atoms with Gasteiger partial charge in [0.2, 0.25) is 0 Å². The molecule has 6 heteroatoms. The number of aliphatic imine (C=N–C) groups is 1. The molecule has 0 fully saturated rings. The number of ether oxygens (including phenoxy) is 1. The van der Waals surface area contributed by atoms with Crippen molar-refractivity contribution in [2.24, 2.45) is 10.9 Å². The normalized spacial score (nSPS) is 19.1. The number of carboxylic acids is 1. The summed E-state index contributed by atoms with van der Waals surface area (Å²) in [4.78, 5) is 29.5. The Morgan fingerprint density at radius 2 is 1.84 bits per heavy atom. The molecule has 1 aliphatic rings. The summed E-state index contributed by atoms with van der Waals surface area (Å²) >= 11 is 6.15. The third-order valence-corrected chi connectivity index (χ3v) is 5.40. The van der Waals surface area contributed by atoms with Crippen molar-refractivity contribution in [2.45, 2.75) is 26.7 Å². The van der Waals surface area contributed by atoms with Crippen LogP contribution in [0.5, 0.6) is 0 Å². The van der Waals surface area contributed by atoms with Gasteiger partial charge in [0.05, 0.1) is 5.57 Å². The molecule has 1 heterocycles. The van der Waals surface area contributed by atoms with Crippen LogP contribution in [0.25, 0.3) is 6.08 Å². The van der Waals surface area contributed by atoms with Crippen molar-refractivity contribution in [3.8, 4) is 0 Å². The summed E-state index contributed by atoms with van der Waals surface area (Å²) < 4.78 is 5.57. The summed E-state index contributed by atoms with van der Waals surface area (Å²) in [5, 5.41) is 10.3. The second-order valence-corrected chi connectivity index (χ2v) is 8.01. The molecule has 160 valence electrons. The first-order valence-corrected chi connectivity index (χ1v) is 10.3. The second kappa shape index (κ2) is 9.75. The van der Waals surface area contributed by atoms with Crippen molar-refractivity contribution in [3.63, 3.8) is 0 Å². The molecule has 0 aliphatic carbocycles. The standard InChI is InChI=1S/C25H24ClNO4/c1-15(12-18-8-5-4-6-9-18)14-31-25(30)22-17(3)27-16(2)21(24(28)29)23(22)19-10-7-11-20(26)13-19/h4-13,21,23H,14H2,1-3H3,(H,28,29). The van der Waals surface area contributed by atoms with Gasteiger partial charge >= 0.3 is 11.9 Å². The first-order valence-electron chi connectivity index (χ1n) is 9.91. The van der Waals surface area contributed by atoms with Gasteiger partial charge in [-0.25, -0.2) is 4.79 Å². The quantitative estimate of drug-likeness (QED) is 0.603. The van der Waals surface area contributed by atoms with Crippen LogP contribution < -0.4 is 0 Å². The maximum Gasteiger partial charge on any atom is 0.336 e. The predicted molar refractivity (Wildman–Crippen MR) is 122 cm³/mol. The van der Waals surface area contributed by atoms with Crippen LogP contribution in [0.15, 0.2) is 76.4 Å². The minimum atomic E-state index is -1.05. The van der Waals surface area contributed by atoms with E-state index in [0.29, 0.717) is 22.0 Å². The summed E-state index contributed by atoms with van der Waals surface area (Å²) in [5.41, 5.74) is 3.64. The first-order chi connectivity index (χ1) is 14.8. The molecular weight excluding hydrogens is 414 g/mol. The Hall–Kier alpha value is -3.18. The molecule has 2 aromatic rings. The van der Waals surface area contributed by atoms with E-state index < -0.39 is 23.8 Å². The smallest absolute Gasteiger partial charge is 0.336 e. The fourth-order valence-electron chi connectivity index (χ4n) is 3.81. The Morgan fingerprint density at radius 3 is 2.48 bits per heavy atom.